The summed E-state index contributed by atoms with van der Waals surface area (Å²) in [5.74, 6) is 8.23. The molecular formula is C21H22N4O2. The van der Waals surface area contributed by atoms with Gasteiger partial charge in [0.2, 0.25) is 0 Å². The zero-order valence-electron chi connectivity index (χ0n) is 15.2. The number of hydrogen-bond donors (Lipinski definition) is 2. The monoisotopic (exact) mass is 362 g/mol. The van der Waals surface area contributed by atoms with Crippen LogP contribution >= 0.6 is 0 Å². The van der Waals surface area contributed by atoms with E-state index in [0.717, 1.165) is 16.8 Å². The van der Waals surface area contributed by atoms with Crippen molar-refractivity contribution in [1.82, 2.24) is 14.7 Å². The van der Waals surface area contributed by atoms with Crippen LogP contribution in [0.4, 0.5) is 0 Å². The van der Waals surface area contributed by atoms with Crippen LogP contribution in [0.1, 0.15) is 49.1 Å². The molecule has 138 valence electrons. The fraction of sp³-hybridized carbons (Fsp3) is 0.333. The summed E-state index contributed by atoms with van der Waals surface area (Å²) in [5, 5.41) is 14.1. The number of hydrogen-bond acceptors (Lipinski definition) is 5. The van der Waals surface area contributed by atoms with Gasteiger partial charge in [-0.05, 0) is 31.9 Å². The smallest absolute Gasteiger partial charge is 0.161 e. The van der Waals surface area contributed by atoms with Gasteiger partial charge < -0.3 is 19.9 Å². The first-order valence-electron chi connectivity index (χ1n) is 9.15. The van der Waals surface area contributed by atoms with E-state index < -0.39 is 6.10 Å². The van der Waals surface area contributed by atoms with E-state index in [4.69, 9.17) is 10.3 Å². The molecule has 0 amide bonds. The minimum Gasteiger partial charge on any atom is -0.385 e. The third kappa shape index (κ3) is 3.80. The molecule has 2 unspecified atom stereocenters. The van der Waals surface area contributed by atoms with Crippen LogP contribution < -0.4 is 5.73 Å². The van der Waals surface area contributed by atoms with Crippen molar-refractivity contribution in [2.75, 3.05) is 6.54 Å². The Morgan fingerprint density at radius 3 is 2.78 bits per heavy atom. The Morgan fingerprint density at radius 1 is 1.33 bits per heavy atom. The lowest BCUT2D eigenvalue weighted by Gasteiger charge is -2.17. The van der Waals surface area contributed by atoms with E-state index in [1.165, 1.54) is 12.8 Å². The minimum atomic E-state index is -0.694. The van der Waals surface area contributed by atoms with Crippen LogP contribution in [0, 0.1) is 17.8 Å². The summed E-state index contributed by atoms with van der Waals surface area (Å²) in [6, 6.07) is 9.60. The lowest BCUT2D eigenvalue weighted by atomic mass is 10.1. The third-order valence-corrected chi connectivity index (χ3v) is 4.67. The number of nitrogens with zero attached hydrogens (tertiary/aromatic N) is 3. The summed E-state index contributed by atoms with van der Waals surface area (Å²) in [4.78, 5) is 4.20. The van der Waals surface area contributed by atoms with Crippen molar-refractivity contribution in [1.29, 1.82) is 0 Å². The molecule has 1 aromatic carbocycles. The molecule has 27 heavy (non-hydrogen) atoms. The summed E-state index contributed by atoms with van der Waals surface area (Å²) in [6.45, 7) is 1.98. The molecule has 0 bridgehead atoms. The Labute approximate surface area is 158 Å². The largest absolute Gasteiger partial charge is 0.385 e. The molecule has 2 heterocycles. The van der Waals surface area contributed by atoms with Crippen LogP contribution in [-0.2, 0) is 0 Å². The molecule has 0 radical (unpaired) electrons. The van der Waals surface area contributed by atoms with E-state index in [1.54, 1.807) is 19.3 Å². The van der Waals surface area contributed by atoms with Crippen molar-refractivity contribution in [2.45, 2.75) is 31.9 Å². The Balaban J connectivity index is 1.57. The van der Waals surface area contributed by atoms with Crippen LogP contribution in [0.2, 0.25) is 0 Å². The lowest BCUT2D eigenvalue weighted by Crippen LogP contribution is -2.22. The summed E-state index contributed by atoms with van der Waals surface area (Å²) in [6.07, 6.45) is 5.19. The zero-order chi connectivity index (χ0) is 18.8. The maximum absolute atomic E-state index is 9.89. The van der Waals surface area contributed by atoms with Gasteiger partial charge in [0, 0.05) is 42.0 Å². The van der Waals surface area contributed by atoms with Crippen LogP contribution in [0.3, 0.4) is 0 Å². The summed E-state index contributed by atoms with van der Waals surface area (Å²) in [5.41, 5.74) is 8.67. The number of aliphatic hydroxyl groups is 1. The first-order valence-corrected chi connectivity index (χ1v) is 9.15. The van der Waals surface area contributed by atoms with Crippen molar-refractivity contribution in [2.24, 2.45) is 11.7 Å². The van der Waals surface area contributed by atoms with Gasteiger partial charge in [0.25, 0.3) is 0 Å². The highest BCUT2D eigenvalue weighted by Crippen LogP contribution is 2.28. The normalized spacial score (nSPS) is 15.8. The van der Waals surface area contributed by atoms with Crippen molar-refractivity contribution in [3.8, 4) is 23.1 Å². The van der Waals surface area contributed by atoms with Gasteiger partial charge in [0.1, 0.15) is 23.7 Å². The number of benzene rings is 1. The maximum Gasteiger partial charge on any atom is 0.161 e. The first-order chi connectivity index (χ1) is 13.2. The second kappa shape index (κ2) is 7.39. The van der Waals surface area contributed by atoms with E-state index in [2.05, 4.69) is 22.0 Å². The second-order valence-electron chi connectivity index (χ2n) is 6.86. The van der Waals surface area contributed by atoms with Gasteiger partial charge in [-0.2, -0.15) is 0 Å². The summed E-state index contributed by atoms with van der Waals surface area (Å²) in [7, 11) is 0. The third-order valence-electron chi connectivity index (χ3n) is 4.67. The number of aliphatic hydroxyl groups excluding tert-OH is 1. The predicted molar refractivity (Wildman–Crippen MR) is 102 cm³/mol. The van der Waals surface area contributed by atoms with Crippen LogP contribution in [0.15, 0.2) is 47.2 Å². The van der Waals surface area contributed by atoms with Crippen LogP contribution in [-0.4, -0.2) is 26.4 Å². The maximum atomic E-state index is 9.89. The standard InChI is InChI=1S/C21H22N4O2/c1-14(26)21-23-10-11-25(21)19(13-22)20-12-18(24-27-20)17-8-6-16(7-9-17)5-4-15-2-3-15/h6-12,14-15,19,26H,2-3,13,22H2,1H3. The van der Waals surface area contributed by atoms with Gasteiger partial charge in [-0.25, -0.2) is 4.98 Å². The Kier molecular flexibility index (Phi) is 4.80. The topological polar surface area (TPSA) is 90.1 Å². The Morgan fingerprint density at radius 2 is 2.11 bits per heavy atom. The van der Waals surface area contributed by atoms with Crippen LogP contribution in [0.25, 0.3) is 11.3 Å². The molecule has 1 aliphatic carbocycles. The fourth-order valence-electron chi connectivity index (χ4n) is 3.00. The molecule has 2 atom stereocenters. The van der Waals surface area contributed by atoms with E-state index in [1.807, 2.05) is 34.9 Å². The van der Waals surface area contributed by atoms with Crippen molar-refractivity contribution >= 4 is 0 Å². The number of imidazole rings is 1. The highest BCUT2D eigenvalue weighted by atomic mass is 16.5. The molecule has 0 saturated heterocycles. The molecule has 1 fully saturated rings. The van der Waals surface area contributed by atoms with Crippen molar-refractivity contribution < 1.29 is 9.63 Å². The molecule has 6 nitrogen and oxygen atoms in total. The molecule has 2 aromatic heterocycles. The van der Waals surface area contributed by atoms with E-state index in [9.17, 15) is 5.11 Å². The Hall–Kier alpha value is -2.88. The molecule has 1 aliphatic rings. The fourth-order valence-corrected chi connectivity index (χ4v) is 3.00. The van der Waals surface area contributed by atoms with Gasteiger partial charge in [-0.3, -0.25) is 0 Å². The van der Waals surface area contributed by atoms with E-state index >= 15 is 0 Å². The summed E-state index contributed by atoms with van der Waals surface area (Å²) < 4.78 is 7.38. The highest BCUT2D eigenvalue weighted by molar-refractivity contribution is 5.60. The molecule has 4 rings (SSSR count). The zero-order valence-corrected chi connectivity index (χ0v) is 15.2. The molecular weight excluding hydrogens is 340 g/mol. The number of nitrogens with two attached hydrogens (primary N) is 1. The quantitative estimate of drug-likeness (QED) is 0.681. The average Bonchev–Trinajstić information content (AvgIpc) is 3.16. The molecule has 3 aromatic rings. The van der Waals surface area contributed by atoms with Gasteiger partial charge in [-0.15, -0.1) is 0 Å². The minimum absolute atomic E-state index is 0.276. The first kappa shape index (κ1) is 17.5. The highest BCUT2D eigenvalue weighted by Gasteiger charge is 2.22. The van der Waals surface area contributed by atoms with Crippen LogP contribution in [0.5, 0.6) is 0 Å². The number of rotatable bonds is 5. The van der Waals surface area contributed by atoms with E-state index in [-0.39, 0.29) is 6.04 Å². The molecule has 0 spiro atoms. The summed E-state index contributed by atoms with van der Waals surface area (Å²) >= 11 is 0. The molecule has 6 heteroatoms. The SMILES string of the molecule is CC(O)c1nccn1C(CN)c1cc(-c2ccc(C#CC3CC3)cc2)no1. The average molecular weight is 362 g/mol. The van der Waals surface area contributed by atoms with Crippen molar-refractivity contribution in [3.05, 3.63) is 59.9 Å². The van der Waals surface area contributed by atoms with Gasteiger partial charge in [-0.1, -0.05) is 29.1 Å². The molecule has 0 aliphatic heterocycles. The van der Waals surface area contributed by atoms with Gasteiger partial charge in [0.05, 0.1) is 0 Å². The predicted octanol–water partition coefficient (Wildman–Crippen LogP) is 2.90. The molecule has 3 N–H and O–H groups in total. The molecule has 1 saturated carbocycles. The van der Waals surface area contributed by atoms with Gasteiger partial charge >= 0.3 is 0 Å². The number of aromatic nitrogens is 3. The lowest BCUT2D eigenvalue weighted by molar-refractivity contribution is 0.180. The second-order valence-corrected chi connectivity index (χ2v) is 6.86. The Bertz CT molecular complexity index is 972. The van der Waals surface area contributed by atoms with Gasteiger partial charge in [0.15, 0.2) is 5.76 Å². The van der Waals surface area contributed by atoms with E-state index in [0.29, 0.717) is 24.0 Å². The van der Waals surface area contributed by atoms with Crippen molar-refractivity contribution in [3.63, 3.8) is 0 Å².